The van der Waals surface area contributed by atoms with E-state index in [9.17, 15) is 14.3 Å². The van der Waals surface area contributed by atoms with Crippen LogP contribution >= 0.6 is 11.6 Å². The maximum atomic E-state index is 14.2. The Hall–Kier alpha value is -3.43. The molecule has 4 rings (SSSR count). The summed E-state index contributed by atoms with van der Waals surface area (Å²) < 4.78 is 14.2. The molecule has 0 radical (unpaired) electrons. The molecule has 2 heterocycles. The number of carboxylic acid groups (broad SMARTS) is 1. The summed E-state index contributed by atoms with van der Waals surface area (Å²) in [6.07, 6.45) is 0.185. The van der Waals surface area contributed by atoms with Crippen LogP contribution in [0.5, 0.6) is 0 Å². The van der Waals surface area contributed by atoms with Crippen molar-refractivity contribution in [3.8, 4) is 0 Å². The van der Waals surface area contributed by atoms with Crippen molar-refractivity contribution in [3.05, 3.63) is 71.1 Å². The van der Waals surface area contributed by atoms with E-state index in [4.69, 9.17) is 11.6 Å². The molecule has 10 heteroatoms. The fourth-order valence-electron chi connectivity index (χ4n) is 3.81. The number of rotatable bonds is 6. The van der Waals surface area contributed by atoms with E-state index >= 15 is 0 Å². The molecule has 0 aliphatic carbocycles. The fraction of sp³-hybridized carbons (Fsp3) is 0.292. The Morgan fingerprint density at radius 2 is 2.00 bits per heavy atom. The van der Waals surface area contributed by atoms with E-state index in [1.807, 2.05) is 24.3 Å². The van der Waals surface area contributed by atoms with Crippen LogP contribution in [-0.4, -0.2) is 58.8 Å². The summed E-state index contributed by atoms with van der Waals surface area (Å²) in [7, 11) is 2.14. The molecule has 0 spiro atoms. The predicted molar refractivity (Wildman–Crippen MR) is 132 cm³/mol. The lowest BCUT2D eigenvalue weighted by Crippen LogP contribution is -2.50. The van der Waals surface area contributed by atoms with Crippen molar-refractivity contribution >= 4 is 40.8 Å². The average Bonchev–Trinajstić information content (AvgIpc) is 2.82. The van der Waals surface area contributed by atoms with Crippen molar-refractivity contribution in [2.45, 2.75) is 19.5 Å². The molecule has 34 heavy (non-hydrogen) atoms. The Balaban J connectivity index is 1.48. The molecule has 2 N–H and O–H groups in total. The van der Waals surface area contributed by atoms with Gasteiger partial charge in [0.05, 0.1) is 6.54 Å². The van der Waals surface area contributed by atoms with Crippen molar-refractivity contribution in [1.82, 2.24) is 14.9 Å². The Labute approximate surface area is 202 Å². The van der Waals surface area contributed by atoms with E-state index in [0.29, 0.717) is 11.1 Å². The number of aromatic nitrogens is 2. The third kappa shape index (κ3) is 5.55. The lowest BCUT2D eigenvalue weighted by Gasteiger charge is -2.39. The maximum Gasteiger partial charge on any atom is 0.413 e. The lowest BCUT2D eigenvalue weighted by molar-refractivity contribution is 0.201. The topological polar surface area (TPSA) is 84.8 Å². The lowest BCUT2D eigenvalue weighted by atomic mass is 10.1. The second-order valence-electron chi connectivity index (χ2n) is 8.29. The van der Waals surface area contributed by atoms with Crippen LogP contribution in [0, 0.1) is 5.82 Å². The molecule has 1 unspecified atom stereocenters. The minimum Gasteiger partial charge on any atom is -0.465 e. The SMILES string of the molecule is CC1CN(c2ccc(Nc3nccc(N(Cc4cc(Cl)ccc4F)C(=O)O)n3)cc2)CCN1C. The van der Waals surface area contributed by atoms with Crippen molar-refractivity contribution in [3.63, 3.8) is 0 Å². The van der Waals surface area contributed by atoms with Gasteiger partial charge in [-0.05, 0) is 62.5 Å². The van der Waals surface area contributed by atoms with Crippen molar-refractivity contribution in [1.29, 1.82) is 0 Å². The van der Waals surface area contributed by atoms with Gasteiger partial charge in [-0.15, -0.1) is 0 Å². The van der Waals surface area contributed by atoms with Crippen LogP contribution in [0.1, 0.15) is 12.5 Å². The molecule has 1 fully saturated rings. The smallest absolute Gasteiger partial charge is 0.413 e. The van der Waals surface area contributed by atoms with Crippen LogP contribution in [0.3, 0.4) is 0 Å². The monoisotopic (exact) mass is 484 g/mol. The van der Waals surface area contributed by atoms with Gasteiger partial charge < -0.3 is 20.2 Å². The highest BCUT2D eigenvalue weighted by Gasteiger charge is 2.21. The number of amides is 1. The van der Waals surface area contributed by atoms with Crippen molar-refractivity contribution in [2.24, 2.45) is 0 Å². The predicted octanol–water partition coefficient (Wildman–Crippen LogP) is 4.84. The molecule has 8 nitrogen and oxygen atoms in total. The number of likely N-dealkylation sites (N-methyl/N-ethyl adjacent to an activating group) is 1. The first kappa shape index (κ1) is 23.7. The first-order valence-electron chi connectivity index (χ1n) is 10.9. The Kier molecular flexibility index (Phi) is 7.14. The van der Waals surface area contributed by atoms with Gasteiger partial charge >= 0.3 is 6.09 Å². The number of anilines is 4. The molecule has 1 aliphatic rings. The first-order chi connectivity index (χ1) is 16.3. The van der Waals surface area contributed by atoms with Gasteiger partial charge in [0.15, 0.2) is 0 Å². The van der Waals surface area contributed by atoms with E-state index in [-0.39, 0.29) is 23.9 Å². The normalized spacial score (nSPS) is 16.4. The zero-order valence-corrected chi connectivity index (χ0v) is 19.7. The van der Waals surface area contributed by atoms with Crippen LogP contribution in [0.2, 0.25) is 5.02 Å². The van der Waals surface area contributed by atoms with Crippen LogP contribution in [0.25, 0.3) is 0 Å². The number of carbonyl (C=O) groups is 1. The van der Waals surface area contributed by atoms with Gasteiger partial charge in [0.25, 0.3) is 0 Å². The second kappa shape index (κ2) is 10.2. The number of hydrogen-bond acceptors (Lipinski definition) is 6. The standard InChI is InChI=1S/C24H26ClFN6O2/c1-16-14-31(12-11-30(16)2)20-6-4-19(5-7-20)28-23-27-10-9-22(29-23)32(24(33)34)15-17-13-18(25)3-8-21(17)26/h3-10,13,16H,11-12,14-15H2,1-2H3,(H,33,34)(H,27,28,29). The molecule has 1 aromatic heterocycles. The molecule has 1 amide bonds. The number of benzene rings is 2. The minimum absolute atomic E-state index is 0.118. The van der Waals surface area contributed by atoms with Gasteiger partial charge in [-0.25, -0.2) is 14.2 Å². The molecule has 0 saturated carbocycles. The van der Waals surface area contributed by atoms with Gasteiger partial charge in [0, 0.05) is 53.8 Å². The summed E-state index contributed by atoms with van der Waals surface area (Å²) in [6, 6.07) is 13.9. The molecule has 1 aliphatic heterocycles. The summed E-state index contributed by atoms with van der Waals surface area (Å²) in [5, 5.41) is 13.1. The van der Waals surface area contributed by atoms with Crippen molar-refractivity contribution < 1.29 is 14.3 Å². The van der Waals surface area contributed by atoms with Crippen molar-refractivity contribution in [2.75, 3.05) is 41.8 Å². The summed E-state index contributed by atoms with van der Waals surface area (Å²) >= 11 is 5.94. The van der Waals surface area contributed by atoms with Gasteiger partial charge in [-0.2, -0.15) is 4.98 Å². The fourth-order valence-corrected chi connectivity index (χ4v) is 4.00. The third-order valence-corrected chi connectivity index (χ3v) is 6.17. The number of hydrogen-bond donors (Lipinski definition) is 2. The van der Waals surface area contributed by atoms with Gasteiger partial charge in [-0.3, -0.25) is 4.90 Å². The second-order valence-corrected chi connectivity index (χ2v) is 8.73. The highest BCUT2D eigenvalue weighted by atomic mass is 35.5. The summed E-state index contributed by atoms with van der Waals surface area (Å²) in [4.78, 5) is 26.0. The Morgan fingerprint density at radius 1 is 1.24 bits per heavy atom. The molecule has 1 saturated heterocycles. The maximum absolute atomic E-state index is 14.2. The van der Waals surface area contributed by atoms with Gasteiger partial charge in [0.2, 0.25) is 5.95 Å². The molecule has 1 atom stereocenters. The number of halogens is 2. The highest BCUT2D eigenvalue weighted by Crippen LogP contribution is 2.24. The van der Waals surface area contributed by atoms with E-state index in [1.54, 1.807) is 0 Å². The molecular formula is C24H26ClFN6O2. The largest absolute Gasteiger partial charge is 0.465 e. The molecule has 178 valence electrons. The molecular weight excluding hydrogens is 459 g/mol. The van der Waals surface area contributed by atoms with E-state index in [2.05, 4.69) is 39.1 Å². The molecule has 2 aromatic carbocycles. The van der Waals surface area contributed by atoms with E-state index in [1.165, 1.54) is 30.5 Å². The van der Waals surface area contributed by atoms with Gasteiger partial charge in [0.1, 0.15) is 11.6 Å². The number of piperazine rings is 1. The highest BCUT2D eigenvalue weighted by molar-refractivity contribution is 6.30. The minimum atomic E-state index is -1.27. The number of nitrogens with zero attached hydrogens (tertiary/aromatic N) is 5. The quantitative estimate of drug-likeness (QED) is 0.518. The van der Waals surface area contributed by atoms with E-state index in [0.717, 1.165) is 35.9 Å². The zero-order chi connectivity index (χ0) is 24.2. The van der Waals surface area contributed by atoms with Crippen LogP contribution in [-0.2, 0) is 6.54 Å². The third-order valence-electron chi connectivity index (χ3n) is 5.93. The summed E-state index contributed by atoms with van der Waals surface area (Å²) in [6.45, 7) is 4.93. The van der Waals surface area contributed by atoms with Crippen LogP contribution in [0.4, 0.5) is 32.3 Å². The molecule has 0 bridgehead atoms. The Bertz CT molecular complexity index is 1160. The van der Waals surface area contributed by atoms with Gasteiger partial charge in [-0.1, -0.05) is 11.6 Å². The molecule has 3 aromatic rings. The summed E-state index contributed by atoms with van der Waals surface area (Å²) in [5.74, 6) is -0.193. The first-order valence-corrected chi connectivity index (χ1v) is 11.3. The zero-order valence-electron chi connectivity index (χ0n) is 18.9. The number of nitrogens with one attached hydrogen (secondary N) is 1. The average molecular weight is 485 g/mol. The van der Waals surface area contributed by atoms with Crippen LogP contribution in [0.15, 0.2) is 54.7 Å². The van der Waals surface area contributed by atoms with Crippen LogP contribution < -0.4 is 15.1 Å². The summed E-state index contributed by atoms with van der Waals surface area (Å²) in [5.41, 5.74) is 2.06. The van der Waals surface area contributed by atoms with E-state index < -0.39 is 11.9 Å². The Morgan fingerprint density at radius 3 is 2.71 bits per heavy atom.